The molecule has 0 bridgehead atoms. The maximum Gasteiger partial charge on any atom is 0.349 e. The molecule has 0 aliphatic rings. The molecule has 0 aliphatic heterocycles. The van der Waals surface area contributed by atoms with Gasteiger partial charge in [0.05, 0.1) is 17.8 Å². The van der Waals surface area contributed by atoms with E-state index < -0.39 is 11.8 Å². The fraction of sp³-hybridized carbons (Fsp3) is 0.0769. The standard InChI is InChI=1S/C13H8ClFN2O2S/c1-19-12(18)11-6-17-5-10(16-13(17)20-11)7-2-3-9(15)8(14)4-7/h2-6H,1H3. The molecule has 0 amide bonds. The van der Waals surface area contributed by atoms with E-state index in [9.17, 15) is 9.18 Å². The summed E-state index contributed by atoms with van der Waals surface area (Å²) in [6, 6.07) is 4.42. The van der Waals surface area contributed by atoms with Crippen LogP contribution in [0.4, 0.5) is 4.39 Å². The molecular formula is C13H8ClFN2O2S. The Balaban J connectivity index is 2.03. The number of benzene rings is 1. The lowest BCUT2D eigenvalue weighted by molar-refractivity contribution is 0.0606. The van der Waals surface area contributed by atoms with Crippen LogP contribution in [0.5, 0.6) is 0 Å². The molecule has 0 unspecified atom stereocenters. The van der Waals surface area contributed by atoms with Crippen molar-refractivity contribution in [3.63, 3.8) is 0 Å². The Hall–Kier alpha value is -1.92. The first-order chi connectivity index (χ1) is 9.58. The molecule has 20 heavy (non-hydrogen) atoms. The Kier molecular flexibility index (Phi) is 3.19. The quantitative estimate of drug-likeness (QED) is 0.679. The fourth-order valence-electron chi connectivity index (χ4n) is 1.79. The van der Waals surface area contributed by atoms with E-state index in [1.165, 1.54) is 30.6 Å². The molecular weight excluding hydrogens is 303 g/mol. The van der Waals surface area contributed by atoms with Crippen LogP contribution < -0.4 is 0 Å². The molecule has 2 heterocycles. The third-order valence-electron chi connectivity index (χ3n) is 2.76. The number of aromatic nitrogens is 2. The molecule has 7 heteroatoms. The molecule has 0 radical (unpaired) electrons. The lowest BCUT2D eigenvalue weighted by Gasteiger charge is -1.98. The molecule has 0 fully saturated rings. The zero-order valence-corrected chi connectivity index (χ0v) is 11.8. The molecule has 2 aromatic heterocycles. The summed E-state index contributed by atoms with van der Waals surface area (Å²) >= 11 is 6.98. The van der Waals surface area contributed by atoms with Gasteiger partial charge in [0.25, 0.3) is 0 Å². The molecule has 0 N–H and O–H groups in total. The number of rotatable bonds is 2. The third kappa shape index (κ3) is 2.17. The van der Waals surface area contributed by atoms with Crippen LogP contribution in [0.25, 0.3) is 16.2 Å². The van der Waals surface area contributed by atoms with Crippen molar-refractivity contribution in [1.82, 2.24) is 9.38 Å². The van der Waals surface area contributed by atoms with Gasteiger partial charge in [-0.3, -0.25) is 4.40 Å². The van der Waals surface area contributed by atoms with Crippen LogP contribution >= 0.6 is 22.9 Å². The second kappa shape index (κ2) is 4.88. The fourth-order valence-corrected chi connectivity index (χ4v) is 2.85. The van der Waals surface area contributed by atoms with E-state index in [1.807, 2.05) is 0 Å². The largest absolute Gasteiger partial charge is 0.465 e. The minimum absolute atomic E-state index is 0.0501. The van der Waals surface area contributed by atoms with Gasteiger partial charge in [0.1, 0.15) is 10.7 Å². The number of esters is 1. The first-order valence-electron chi connectivity index (χ1n) is 5.61. The summed E-state index contributed by atoms with van der Waals surface area (Å²) in [5.74, 6) is -0.865. The van der Waals surface area contributed by atoms with Gasteiger partial charge in [-0.25, -0.2) is 14.2 Å². The summed E-state index contributed by atoms with van der Waals surface area (Å²) in [6.07, 6.45) is 3.40. The number of carbonyl (C=O) groups is 1. The highest BCUT2D eigenvalue weighted by Crippen LogP contribution is 2.27. The predicted octanol–water partition coefficient (Wildman–Crippen LogP) is 3.64. The Morgan fingerprint density at radius 2 is 2.25 bits per heavy atom. The first-order valence-corrected chi connectivity index (χ1v) is 6.80. The lowest BCUT2D eigenvalue weighted by Crippen LogP contribution is -1.97. The van der Waals surface area contributed by atoms with Crippen LogP contribution in [0.3, 0.4) is 0 Å². The number of thiazole rings is 1. The van der Waals surface area contributed by atoms with E-state index in [4.69, 9.17) is 11.6 Å². The molecule has 102 valence electrons. The topological polar surface area (TPSA) is 43.6 Å². The van der Waals surface area contributed by atoms with Gasteiger partial charge in [0, 0.05) is 18.0 Å². The molecule has 3 aromatic rings. The number of nitrogens with zero attached hydrogens (tertiary/aromatic N) is 2. The van der Waals surface area contributed by atoms with Crippen molar-refractivity contribution in [2.45, 2.75) is 0 Å². The Labute approximate surface area is 122 Å². The number of ether oxygens (including phenoxy) is 1. The number of imidazole rings is 1. The van der Waals surface area contributed by atoms with Crippen molar-refractivity contribution >= 4 is 33.9 Å². The summed E-state index contributed by atoms with van der Waals surface area (Å²) in [4.78, 5) is 16.9. The molecule has 1 aromatic carbocycles. The van der Waals surface area contributed by atoms with Crippen LogP contribution in [-0.4, -0.2) is 22.5 Å². The number of hydrogen-bond acceptors (Lipinski definition) is 4. The van der Waals surface area contributed by atoms with Gasteiger partial charge in [-0.05, 0) is 18.2 Å². The number of fused-ring (bicyclic) bond motifs is 1. The van der Waals surface area contributed by atoms with Crippen molar-refractivity contribution in [1.29, 1.82) is 0 Å². The normalized spacial score (nSPS) is 10.9. The van der Waals surface area contributed by atoms with Gasteiger partial charge >= 0.3 is 5.97 Å². The van der Waals surface area contributed by atoms with Crippen LogP contribution in [-0.2, 0) is 4.74 Å². The maximum atomic E-state index is 13.1. The van der Waals surface area contributed by atoms with Gasteiger partial charge in [0.15, 0.2) is 4.96 Å². The van der Waals surface area contributed by atoms with Crippen molar-refractivity contribution in [2.24, 2.45) is 0 Å². The summed E-state index contributed by atoms with van der Waals surface area (Å²) in [6.45, 7) is 0. The van der Waals surface area contributed by atoms with E-state index in [1.54, 1.807) is 22.9 Å². The molecule has 0 saturated carbocycles. The number of hydrogen-bond donors (Lipinski definition) is 0. The number of methoxy groups -OCH3 is 1. The lowest BCUT2D eigenvalue weighted by atomic mass is 10.2. The van der Waals surface area contributed by atoms with E-state index in [0.29, 0.717) is 21.1 Å². The maximum absolute atomic E-state index is 13.1. The van der Waals surface area contributed by atoms with E-state index in [2.05, 4.69) is 9.72 Å². The Morgan fingerprint density at radius 3 is 2.90 bits per heavy atom. The molecule has 0 spiro atoms. The highest BCUT2D eigenvalue weighted by molar-refractivity contribution is 7.18. The van der Waals surface area contributed by atoms with Gasteiger partial charge in [0.2, 0.25) is 0 Å². The summed E-state index contributed by atoms with van der Waals surface area (Å²) in [7, 11) is 1.33. The molecule has 0 aliphatic carbocycles. The zero-order valence-electron chi connectivity index (χ0n) is 10.3. The van der Waals surface area contributed by atoms with E-state index in [-0.39, 0.29) is 5.02 Å². The number of halogens is 2. The summed E-state index contributed by atoms with van der Waals surface area (Å²) < 4.78 is 19.5. The minimum Gasteiger partial charge on any atom is -0.465 e. The van der Waals surface area contributed by atoms with Gasteiger partial charge in [-0.1, -0.05) is 22.9 Å². The molecule has 4 nitrogen and oxygen atoms in total. The van der Waals surface area contributed by atoms with Crippen LogP contribution in [0.2, 0.25) is 5.02 Å². The van der Waals surface area contributed by atoms with E-state index in [0.717, 1.165) is 0 Å². The Morgan fingerprint density at radius 1 is 1.45 bits per heavy atom. The highest BCUT2D eigenvalue weighted by Gasteiger charge is 2.14. The highest BCUT2D eigenvalue weighted by atomic mass is 35.5. The van der Waals surface area contributed by atoms with Crippen LogP contribution in [0.1, 0.15) is 9.67 Å². The first kappa shape index (κ1) is 13.1. The van der Waals surface area contributed by atoms with E-state index >= 15 is 0 Å². The average molecular weight is 311 g/mol. The van der Waals surface area contributed by atoms with Crippen molar-refractivity contribution in [2.75, 3.05) is 7.11 Å². The monoisotopic (exact) mass is 310 g/mol. The zero-order chi connectivity index (χ0) is 14.3. The van der Waals surface area contributed by atoms with Gasteiger partial charge in [-0.2, -0.15) is 0 Å². The average Bonchev–Trinajstić information content (AvgIpc) is 2.99. The van der Waals surface area contributed by atoms with Crippen LogP contribution in [0.15, 0.2) is 30.6 Å². The van der Waals surface area contributed by atoms with Crippen molar-refractivity contribution in [3.05, 3.63) is 46.3 Å². The van der Waals surface area contributed by atoms with Gasteiger partial charge in [-0.15, -0.1) is 0 Å². The summed E-state index contributed by atoms with van der Waals surface area (Å²) in [5.41, 5.74) is 1.38. The SMILES string of the molecule is COC(=O)c1cn2cc(-c3ccc(F)c(Cl)c3)nc2s1. The van der Waals surface area contributed by atoms with Crippen molar-refractivity contribution in [3.8, 4) is 11.3 Å². The second-order valence-electron chi connectivity index (χ2n) is 4.03. The molecule has 0 atom stereocenters. The van der Waals surface area contributed by atoms with Crippen molar-refractivity contribution < 1.29 is 13.9 Å². The minimum atomic E-state index is -0.468. The third-order valence-corrected chi connectivity index (χ3v) is 4.02. The van der Waals surface area contributed by atoms with Gasteiger partial charge < -0.3 is 4.74 Å². The van der Waals surface area contributed by atoms with Crippen LogP contribution in [0, 0.1) is 5.82 Å². The number of carbonyl (C=O) groups excluding carboxylic acids is 1. The second-order valence-corrected chi connectivity index (χ2v) is 5.45. The predicted molar refractivity (Wildman–Crippen MR) is 74.8 cm³/mol. The summed E-state index contributed by atoms with van der Waals surface area (Å²) in [5, 5.41) is 0.0501. The Bertz CT molecular complexity index is 780. The molecule has 0 saturated heterocycles. The molecule has 3 rings (SSSR count). The smallest absolute Gasteiger partial charge is 0.349 e.